The lowest BCUT2D eigenvalue weighted by molar-refractivity contribution is -0.123. The molecule has 0 spiro atoms. The van der Waals surface area contributed by atoms with Crippen LogP contribution in [0.2, 0.25) is 0 Å². The summed E-state index contributed by atoms with van der Waals surface area (Å²) in [6.45, 7) is 0. The summed E-state index contributed by atoms with van der Waals surface area (Å²) in [5.74, 6) is -1.30. The second kappa shape index (κ2) is 3.73. The van der Waals surface area contributed by atoms with Crippen LogP contribution in [0.5, 0.6) is 0 Å². The lowest BCUT2D eigenvalue weighted by atomic mass is 10.1. The van der Waals surface area contributed by atoms with Crippen LogP contribution < -0.4 is 5.73 Å². The molecule has 0 aliphatic carbocycles. The number of nitrogens with two attached hydrogens (primary N) is 1. The van der Waals surface area contributed by atoms with Gasteiger partial charge in [0.15, 0.2) is 6.10 Å². The number of para-hydroxylation sites is 1. The van der Waals surface area contributed by atoms with Crippen molar-refractivity contribution in [3.8, 4) is 0 Å². The van der Waals surface area contributed by atoms with Crippen LogP contribution in [0.25, 0.3) is 10.9 Å². The van der Waals surface area contributed by atoms with E-state index in [1.54, 1.807) is 12.3 Å². The van der Waals surface area contributed by atoms with Crippen LogP contribution in [0.3, 0.4) is 0 Å². The summed E-state index contributed by atoms with van der Waals surface area (Å²) in [5.41, 5.74) is 6.78. The Labute approximate surface area is 103 Å². The first-order chi connectivity index (χ1) is 8.66. The van der Waals surface area contributed by atoms with Gasteiger partial charge in [0.1, 0.15) is 0 Å². The van der Waals surface area contributed by atoms with Gasteiger partial charge in [0.2, 0.25) is 17.4 Å². The number of carbonyl (C=O) groups is 1. The van der Waals surface area contributed by atoms with Crippen LogP contribution in [0.15, 0.2) is 48.2 Å². The van der Waals surface area contributed by atoms with Crippen molar-refractivity contribution in [1.82, 2.24) is 4.98 Å². The lowest BCUT2D eigenvalue weighted by Gasteiger charge is -2.10. The van der Waals surface area contributed by atoms with Crippen LogP contribution in [0.4, 0.5) is 0 Å². The molecule has 0 saturated heterocycles. The van der Waals surface area contributed by atoms with Gasteiger partial charge in [-0.25, -0.2) is 0 Å². The lowest BCUT2D eigenvalue weighted by Crippen LogP contribution is -2.10. The first-order valence-corrected chi connectivity index (χ1v) is 5.41. The molecule has 2 heterocycles. The van der Waals surface area contributed by atoms with Gasteiger partial charge in [-0.15, -0.1) is 0 Å². The van der Waals surface area contributed by atoms with E-state index in [9.17, 15) is 9.90 Å². The van der Waals surface area contributed by atoms with E-state index in [0.29, 0.717) is 5.56 Å². The predicted octanol–water partition coefficient (Wildman–Crippen LogP) is 1.56. The number of aliphatic hydroxyl groups excluding tert-OH is 1. The molecular formula is C13H10N2O3. The van der Waals surface area contributed by atoms with Crippen LogP contribution in [-0.2, 0) is 9.53 Å². The molecule has 5 heteroatoms. The number of aliphatic hydroxyl groups is 1. The Morgan fingerprint density at radius 2 is 2.11 bits per heavy atom. The average molecular weight is 242 g/mol. The molecule has 1 aliphatic heterocycles. The minimum absolute atomic E-state index is 0.238. The van der Waals surface area contributed by atoms with E-state index in [1.807, 2.05) is 24.3 Å². The summed E-state index contributed by atoms with van der Waals surface area (Å²) in [7, 11) is 0. The molecule has 2 aromatic rings. The minimum Gasteiger partial charge on any atom is -0.501 e. The maximum atomic E-state index is 11.7. The Hall–Kier alpha value is -2.56. The van der Waals surface area contributed by atoms with E-state index in [4.69, 9.17) is 10.5 Å². The number of nitrogens with zero attached hydrogens (tertiary/aromatic N) is 1. The molecule has 1 aromatic heterocycles. The zero-order valence-corrected chi connectivity index (χ0v) is 9.33. The molecule has 5 nitrogen and oxygen atoms in total. The summed E-state index contributed by atoms with van der Waals surface area (Å²) in [6.07, 6.45) is 0.652. The number of ketones is 1. The molecule has 1 aromatic carbocycles. The summed E-state index contributed by atoms with van der Waals surface area (Å²) in [5, 5.41) is 10.3. The number of pyridine rings is 1. The quantitative estimate of drug-likeness (QED) is 0.792. The molecule has 1 unspecified atom stereocenters. The third-order valence-electron chi connectivity index (χ3n) is 2.86. The largest absolute Gasteiger partial charge is 0.501 e. The number of aromatic nitrogens is 1. The molecule has 90 valence electrons. The van der Waals surface area contributed by atoms with Gasteiger partial charge < -0.3 is 15.6 Å². The van der Waals surface area contributed by atoms with Crippen LogP contribution in [0.1, 0.15) is 11.7 Å². The summed E-state index contributed by atoms with van der Waals surface area (Å²) in [6, 6.07) is 9.34. The highest BCUT2D eigenvalue weighted by Crippen LogP contribution is 2.30. The Morgan fingerprint density at radius 1 is 1.33 bits per heavy atom. The average Bonchev–Trinajstić information content (AvgIpc) is 2.66. The molecule has 3 N–H and O–H groups in total. The maximum Gasteiger partial charge on any atom is 0.247 e. The van der Waals surface area contributed by atoms with Gasteiger partial charge in [-0.05, 0) is 12.1 Å². The van der Waals surface area contributed by atoms with E-state index in [0.717, 1.165) is 10.9 Å². The predicted molar refractivity (Wildman–Crippen MR) is 64.4 cm³/mol. The molecular weight excluding hydrogens is 232 g/mol. The smallest absolute Gasteiger partial charge is 0.247 e. The molecule has 3 rings (SSSR count). The highest BCUT2D eigenvalue weighted by molar-refractivity contribution is 5.99. The normalized spacial score (nSPS) is 19.3. The zero-order valence-electron chi connectivity index (χ0n) is 9.33. The summed E-state index contributed by atoms with van der Waals surface area (Å²) in [4.78, 5) is 15.9. The number of benzene rings is 1. The monoisotopic (exact) mass is 242 g/mol. The van der Waals surface area contributed by atoms with Crippen molar-refractivity contribution in [3.63, 3.8) is 0 Å². The van der Waals surface area contributed by atoms with E-state index in [1.165, 1.54) is 0 Å². The molecule has 18 heavy (non-hydrogen) atoms. The molecule has 0 bridgehead atoms. The highest BCUT2D eigenvalue weighted by Gasteiger charge is 2.35. The SMILES string of the molecule is NC1=C(O)C(=O)C(c2cnc3ccccc3c2)O1. The van der Waals surface area contributed by atoms with Gasteiger partial charge >= 0.3 is 0 Å². The fourth-order valence-electron chi connectivity index (χ4n) is 1.93. The highest BCUT2D eigenvalue weighted by atomic mass is 16.5. The first-order valence-electron chi connectivity index (χ1n) is 5.41. The second-order valence-electron chi connectivity index (χ2n) is 4.04. The standard InChI is InChI=1S/C13H10N2O3/c14-13-11(17)10(16)12(18-13)8-5-7-3-1-2-4-9(7)15-6-8/h1-6,12,17H,14H2. The van der Waals surface area contributed by atoms with Crippen molar-refractivity contribution < 1.29 is 14.6 Å². The summed E-state index contributed by atoms with van der Waals surface area (Å²) >= 11 is 0. The van der Waals surface area contributed by atoms with Crippen molar-refractivity contribution in [1.29, 1.82) is 0 Å². The van der Waals surface area contributed by atoms with E-state index in [-0.39, 0.29) is 5.88 Å². The Kier molecular flexibility index (Phi) is 2.19. The molecule has 0 saturated carbocycles. The van der Waals surface area contributed by atoms with Crippen molar-refractivity contribution in [3.05, 3.63) is 53.7 Å². The molecule has 0 radical (unpaired) electrons. The Bertz CT molecular complexity index is 679. The Morgan fingerprint density at radius 3 is 2.83 bits per heavy atom. The minimum atomic E-state index is -0.901. The first kappa shape index (κ1) is 10.6. The van der Waals surface area contributed by atoms with E-state index in [2.05, 4.69) is 4.98 Å². The van der Waals surface area contributed by atoms with Crippen LogP contribution >= 0.6 is 0 Å². The number of carbonyl (C=O) groups excluding carboxylic acids is 1. The van der Waals surface area contributed by atoms with Gasteiger partial charge in [0.05, 0.1) is 5.52 Å². The fourth-order valence-corrected chi connectivity index (χ4v) is 1.93. The van der Waals surface area contributed by atoms with Crippen molar-refractivity contribution >= 4 is 16.7 Å². The van der Waals surface area contributed by atoms with E-state index >= 15 is 0 Å². The number of ether oxygens (including phenoxy) is 1. The maximum absolute atomic E-state index is 11.7. The zero-order chi connectivity index (χ0) is 12.7. The second-order valence-corrected chi connectivity index (χ2v) is 4.04. The van der Waals surface area contributed by atoms with E-state index < -0.39 is 17.6 Å². The Balaban J connectivity index is 2.04. The summed E-state index contributed by atoms with van der Waals surface area (Å²) < 4.78 is 5.14. The van der Waals surface area contributed by atoms with Crippen LogP contribution in [-0.4, -0.2) is 15.9 Å². The third kappa shape index (κ3) is 1.48. The van der Waals surface area contributed by atoms with Gasteiger partial charge in [-0.3, -0.25) is 9.78 Å². The van der Waals surface area contributed by atoms with Crippen LogP contribution in [0, 0.1) is 0 Å². The fraction of sp³-hybridized carbons (Fsp3) is 0.0769. The number of fused-ring (bicyclic) bond motifs is 1. The number of Topliss-reactive ketones (excluding diaryl/α,β-unsaturated/α-hetero) is 1. The van der Waals surface area contributed by atoms with Gasteiger partial charge in [0.25, 0.3) is 0 Å². The van der Waals surface area contributed by atoms with Crippen molar-refractivity contribution in [2.75, 3.05) is 0 Å². The third-order valence-corrected chi connectivity index (χ3v) is 2.86. The molecule has 0 amide bonds. The molecule has 0 fully saturated rings. The van der Waals surface area contributed by atoms with Gasteiger partial charge in [-0.2, -0.15) is 0 Å². The van der Waals surface area contributed by atoms with Crippen molar-refractivity contribution in [2.24, 2.45) is 5.73 Å². The van der Waals surface area contributed by atoms with Gasteiger partial charge in [-0.1, -0.05) is 18.2 Å². The van der Waals surface area contributed by atoms with Gasteiger partial charge in [0, 0.05) is 17.1 Å². The molecule has 1 atom stereocenters. The topological polar surface area (TPSA) is 85.4 Å². The number of hydrogen-bond donors (Lipinski definition) is 2. The molecule has 1 aliphatic rings. The number of rotatable bonds is 1. The number of hydrogen-bond acceptors (Lipinski definition) is 5. The van der Waals surface area contributed by atoms with Crippen molar-refractivity contribution in [2.45, 2.75) is 6.10 Å².